The van der Waals surface area contributed by atoms with Crippen LogP contribution in [0.1, 0.15) is 39.2 Å². The number of fused-ring (bicyclic) bond motifs is 1. The molecule has 6 heteroatoms. The van der Waals surface area contributed by atoms with Crippen molar-refractivity contribution in [1.29, 1.82) is 0 Å². The Hall–Kier alpha value is -2.70. The van der Waals surface area contributed by atoms with E-state index in [1.807, 2.05) is 32.0 Å². The van der Waals surface area contributed by atoms with Crippen molar-refractivity contribution in [3.8, 4) is 0 Å². The van der Waals surface area contributed by atoms with Gasteiger partial charge in [-0.05, 0) is 55.3 Å². The Morgan fingerprint density at radius 2 is 1.97 bits per heavy atom. The number of Topliss-reactive ketones (excluding diaryl/α,β-unsaturated/α-hetero) is 1. The Labute approximate surface area is 177 Å². The Bertz CT molecular complexity index is 1110. The smallest absolute Gasteiger partial charge is 0.264 e. The minimum Gasteiger partial charge on any atom is -0.461 e. The zero-order chi connectivity index (χ0) is 20.8. The molecule has 1 atom stereocenters. The molecule has 1 N–H and O–H groups in total. The molecule has 0 radical (unpaired) electrons. The summed E-state index contributed by atoms with van der Waals surface area (Å²) in [5.41, 5.74) is 2.28. The van der Waals surface area contributed by atoms with E-state index in [0.29, 0.717) is 17.8 Å². The lowest BCUT2D eigenvalue weighted by Crippen LogP contribution is -2.41. The summed E-state index contributed by atoms with van der Waals surface area (Å²) in [7, 11) is 0. The Morgan fingerprint density at radius 1 is 1.17 bits per heavy atom. The van der Waals surface area contributed by atoms with Gasteiger partial charge in [0, 0.05) is 10.0 Å². The van der Waals surface area contributed by atoms with Crippen molar-refractivity contribution in [2.24, 2.45) is 0 Å². The molecule has 29 heavy (non-hydrogen) atoms. The molecule has 1 aliphatic heterocycles. The maximum Gasteiger partial charge on any atom is 0.264 e. The van der Waals surface area contributed by atoms with Gasteiger partial charge < -0.3 is 14.4 Å². The summed E-state index contributed by atoms with van der Waals surface area (Å²) in [5, 5.41) is 11.4. The number of nitrogens with zero attached hydrogens (tertiary/aromatic N) is 1. The highest BCUT2D eigenvalue weighted by atomic mass is 79.9. The van der Waals surface area contributed by atoms with Crippen LogP contribution in [-0.2, 0) is 16.9 Å². The number of amides is 1. The molecule has 0 unspecified atom stereocenters. The van der Waals surface area contributed by atoms with E-state index in [-0.39, 0.29) is 12.2 Å². The predicted octanol–water partition coefficient (Wildman–Crippen LogP) is 4.67. The van der Waals surface area contributed by atoms with Gasteiger partial charge in [0.1, 0.15) is 0 Å². The number of aliphatic hydroxyl groups is 1. The highest BCUT2D eigenvalue weighted by Crippen LogP contribution is 2.45. The molecule has 1 aromatic heterocycles. The summed E-state index contributed by atoms with van der Waals surface area (Å²) in [6.45, 7) is 4.33. The van der Waals surface area contributed by atoms with Crippen LogP contribution < -0.4 is 4.90 Å². The summed E-state index contributed by atoms with van der Waals surface area (Å²) in [6.07, 6.45) is 1.01. The summed E-state index contributed by atoms with van der Waals surface area (Å²) in [4.78, 5) is 27.5. The third kappa shape index (κ3) is 3.43. The molecular weight excluding hydrogens is 434 g/mol. The lowest BCUT2D eigenvalue weighted by atomic mass is 9.89. The van der Waals surface area contributed by atoms with E-state index >= 15 is 0 Å². The van der Waals surface area contributed by atoms with Gasteiger partial charge in [0.25, 0.3) is 5.91 Å². The summed E-state index contributed by atoms with van der Waals surface area (Å²) in [6, 6.07) is 14.5. The van der Waals surface area contributed by atoms with Crippen molar-refractivity contribution in [3.05, 3.63) is 87.3 Å². The number of hydrogen-bond donors (Lipinski definition) is 1. The van der Waals surface area contributed by atoms with Crippen LogP contribution in [0, 0.1) is 13.8 Å². The zero-order valence-corrected chi connectivity index (χ0v) is 17.7. The van der Waals surface area contributed by atoms with E-state index in [4.69, 9.17) is 4.42 Å². The molecule has 1 aliphatic rings. The fourth-order valence-corrected chi connectivity index (χ4v) is 4.16. The largest absolute Gasteiger partial charge is 0.461 e. The predicted molar refractivity (Wildman–Crippen MR) is 113 cm³/mol. The molecule has 2 heterocycles. The van der Waals surface area contributed by atoms with Gasteiger partial charge in [-0.15, -0.1) is 0 Å². The molecule has 2 aromatic carbocycles. The molecule has 0 spiro atoms. The SMILES string of the molecule is Cc1ccc(CN2C(=O)[C@@](O)(CC(=O)c3ccco3)c3cc(Br)ccc32)c(C)c1. The third-order valence-electron chi connectivity index (χ3n) is 5.33. The second kappa shape index (κ2) is 7.28. The number of ketones is 1. The molecule has 0 fully saturated rings. The fraction of sp³-hybridized carbons (Fsp3) is 0.217. The van der Waals surface area contributed by atoms with Crippen LogP contribution in [0.5, 0.6) is 0 Å². The Balaban J connectivity index is 1.73. The summed E-state index contributed by atoms with van der Waals surface area (Å²) in [5.74, 6) is -0.814. The van der Waals surface area contributed by atoms with Crippen LogP contribution in [0.15, 0.2) is 63.7 Å². The first-order valence-electron chi connectivity index (χ1n) is 9.27. The standard InChI is InChI=1S/C23H20BrNO4/c1-14-5-6-16(15(2)10-14)13-25-19-8-7-17(24)11-18(19)23(28,22(25)27)12-20(26)21-4-3-9-29-21/h3-11,28H,12-13H2,1-2H3/t23-/m1/s1. The average Bonchev–Trinajstić information content (AvgIpc) is 3.27. The maximum absolute atomic E-state index is 13.4. The van der Waals surface area contributed by atoms with Crippen LogP contribution in [-0.4, -0.2) is 16.8 Å². The van der Waals surface area contributed by atoms with Crippen molar-refractivity contribution in [2.45, 2.75) is 32.4 Å². The summed E-state index contributed by atoms with van der Waals surface area (Å²) < 4.78 is 5.88. The molecule has 1 amide bonds. The van der Waals surface area contributed by atoms with Crippen molar-refractivity contribution in [1.82, 2.24) is 0 Å². The van der Waals surface area contributed by atoms with Crippen LogP contribution in [0.25, 0.3) is 0 Å². The highest BCUT2D eigenvalue weighted by molar-refractivity contribution is 9.10. The zero-order valence-electron chi connectivity index (χ0n) is 16.1. The average molecular weight is 454 g/mol. The molecule has 4 rings (SSSR count). The third-order valence-corrected chi connectivity index (χ3v) is 5.83. The molecule has 0 bridgehead atoms. The first-order valence-corrected chi connectivity index (χ1v) is 10.1. The molecular formula is C23H20BrNO4. The number of rotatable bonds is 5. The molecule has 5 nitrogen and oxygen atoms in total. The number of carbonyl (C=O) groups is 2. The quantitative estimate of drug-likeness (QED) is 0.569. The number of benzene rings is 2. The van der Waals surface area contributed by atoms with Crippen LogP contribution >= 0.6 is 15.9 Å². The van der Waals surface area contributed by atoms with Gasteiger partial charge in [-0.1, -0.05) is 39.7 Å². The number of carbonyl (C=O) groups excluding carboxylic acids is 2. The molecule has 0 saturated carbocycles. The first kappa shape index (κ1) is 19.6. The van der Waals surface area contributed by atoms with Gasteiger partial charge in [-0.2, -0.15) is 0 Å². The van der Waals surface area contributed by atoms with Gasteiger partial charge in [-0.3, -0.25) is 9.59 Å². The Morgan fingerprint density at radius 3 is 2.66 bits per heavy atom. The molecule has 0 aliphatic carbocycles. The van der Waals surface area contributed by atoms with E-state index in [1.165, 1.54) is 12.3 Å². The van der Waals surface area contributed by atoms with Crippen molar-refractivity contribution >= 4 is 33.3 Å². The van der Waals surface area contributed by atoms with E-state index in [0.717, 1.165) is 21.2 Å². The van der Waals surface area contributed by atoms with Crippen molar-refractivity contribution in [3.63, 3.8) is 0 Å². The van der Waals surface area contributed by atoms with Crippen LogP contribution in [0.4, 0.5) is 5.69 Å². The van der Waals surface area contributed by atoms with Gasteiger partial charge in [0.05, 0.1) is 24.9 Å². The Kier molecular flexibility index (Phi) is 4.92. The fourth-order valence-electron chi connectivity index (χ4n) is 3.80. The minimum atomic E-state index is -1.94. The van der Waals surface area contributed by atoms with Gasteiger partial charge in [-0.25, -0.2) is 0 Å². The van der Waals surface area contributed by atoms with E-state index in [9.17, 15) is 14.7 Å². The number of anilines is 1. The normalized spacial score (nSPS) is 18.2. The van der Waals surface area contributed by atoms with Crippen LogP contribution in [0.2, 0.25) is 0 Å². The monoisotopic (exact) mass is 453 g/mol. The molecule has 3 aromatic rings. The number of aryl methyl sites for hydroxylation is 2. The number of hydrogen-bond acceptors (Lipinski definition) is 4. The van der Waals surface area contributed by atoms with Gasteiger partial charge >= 0.3 is 0 Å². The van der Waals surface area contributed by atoms with Gasteiger partial charge in [0.2, 0.25) is 5.78 Å². The van der Waals surface area contributed by atoms with Crippen LogP contribution in [0.3, 0.4) is 0 Å². The molecule has 148 valence electrons. The van der Waals surface area contributed by atoms with Crippen molar-refractivity contribution in [2.75, 3.05) is 4.90 Å². The second-order valence-corrected chi connectivity index (χ2v) is 8.34. The number of halogens is 1. The lowest BCUT2D eigenvalue weighted by Gasteiger charge is -2.23. The molecule has 0 saturated heterocycles. The highest BCUT2D eigenvalue weighted by Gasteiger charge is 2.51. The minimum absolute atomic E-state index is 0.121. The van der Waals surface area contributed by atoms with E-state index in [2.05, 4.69) is 22.0 Å². The van der Waals surface area contributed by atoms with Crippen molar-refractivity contribution < 1.29 is 19.1 Å². The lowest BCUT2D eigenvalue weighted by molar-refractivity contribution is -0.136. The second-order valence-electron chi connectivity index (χ2n) is 7.42. The first-order chi connectivity index (χ1) is 13.8. The van der Waals surface area contributed by atoms with E-state index in [1.54, 1.807) is 23.1 Å². The van der Waals surface area contributed by atoms with E-state index < -0.39 is 17.3 Å². The summed E-state index contributed by atoms with van der Waals surface area (Å²) >= 11 is 3.40. The van der Waals surface area contributed by atoms with Gasteiger partial charge in [0.15, 0.2) is 11.4 Å². The maximum atomic E-state index is 13.4. The topological polar surface area (TPSA) is 70.8 Å². The number of furan rings is 1.